The monoisotopic (exact) mass is 379 g/mol. The van der Waals surface area contributed by atoms with Crippen LogP contribution in [0.3, 0.4) is 0 Å². The van der Waals surface area contributed by atoms with E-state index >= 15 is 0 Å². The van der Waals surface area contributed by atoms with Crippen LogP contribution in [0.1, 0.15) is 5.56 Å². The summed E-state index contributed by atoms with van der Waals surface area (Å²) in [5, 5.41) is 3.72. The minimum Gasteiger partial charge on any atom is -0.497 e. The van der Waals surface area contributed by atoms with E-state index in [1.807, 2.05) is 0 Å². The highest BCUT2D eigenvalue weighted by Crippen LogP contribution is 2.18. The minimum absolute atomic E-state index is 0.0448. The largest absolute Gasteiger partial charge is 0.497 e. The Labute approximate surface area is 151 Å². The van der Waals surface area contributed by atoms with Crippen molar-refractivity contribution in [2.45, 2.75) is 4.90 Å². The van der Waals surface area contributed by atoms with Crippen molar-refractivity contribution in [1.82, 2.24) is 9.73 Å². The number of ether oxygens (including phenoxy) is 1. The summed E-state index contributed by atoms with van der Waals surface area (Å²) in [6, 6.07) is 11.3. The van der Waals surface area contributed by atoms with Crippen molar-refractivity contribution in [2.75, 3.05) is 20.7 Å². The van der Waals surface area contributed by atoms with Crippen molar-refractivity contribution in [1.29, 1.82) is 0 Å². The van der Waals surface area contributed by atoms with Crippen LogP contribution in [-0.2, 0) is 14.8 Å². The number of amides is 1. The average molecular weight is 379 g/mol. The number of carbonyl (C=O) groups excluding carboxylic acids is 1. The first-order valence-electron chi connectivity index (χ1n) is 7.51. The standard InChI is InChI=1S/C17H18FN3O4S/c1-21(26(23,24)16-9-7-15(25-2)8-10-16)12-17(22)20-19-11-13-3-5-14(18)6-4-13/h3-11H,12H2,1-2H3,(H,20,22). The zero-order valence-corrected chi connectivity index (χ0v) is 15.0. The van der Waals surface area contributed by atoms with Gasteiger partial charge in [0.05, 0.1) is 24.8 Å². The Bertz CT molecular complexity index is 881. The summed E-state index contributed by atoms with van der Waals surface area (Å²) in [6.07, 6.45) is 1.33. The third kappa shape index (κ3) is 5.11. The Morgan fingerprint density at radius 1 is 1.19 bits per heavy atom. The fraction of sp³-hybridized carbons (Fsp3) is 0.176. The summed E-state index contributed by atoms with van der Waals surface area (Å²) in [6.45, 7) is -0.408. The number of hydrogen-bond donors (Lipinski definition) is 1. The maximum absolute atomic E-state index is 12.8. The second-order valence-corrected chi connectivity index (χ2v) is 7.33. The van der Waals surface area contributed by atoms with Gasteiger partial charge in [0.25, 0.3) is 5.91 Å². The summed E-state index contributed by atoms with van der Waals surface area (Å²) in [5.41, 5.74) is 2.82. The van der Waals surface area contributed by atoms with Crippen LogP contribution in [0.15, 0.2) is 58.5 Å². The molecule has 1 amide bonds. The summed E-state index contributed by atoms with van der Waals surface area (Å²) in [5.74, 6) is -0.459. The molecule has 0 atom stereocenters. The van der Waals surface area contributed by atoms with Gasteiger partial charge in [0.2, 0.25) is 10.0 Å². The number of rotatable bonds is 7. The predicted octanol–water partition coefficient (Wildman–Crippen LogP) is 1.61. The predicted molar refractivity (Wildman–Crippen MR) is 94.9 cm³/mol. The van der Waals surface area contributed by atoms with Crippen molar-refractivity contribution in [2.24, 2.45) is 5.10 Å². The molecule has 0 aliphatic rings. The van der Waals surface area contributed by atoms with Crippen LogP contribution >= 0.6 is 0 Å². The van der Waals surface area contributed by atoms with Crippen molar-refractivity contribution in [3.8, 4) is 5.75 Å². The zero-order valence-electron chi connectivity index (χ0n) is 14.2. The zero-order chi connectivity index (χ0) is 19.2. The molecule has 7 nitrogen and oxygen atoms in total. The molecule has 0 spiro atoms. The molecule has 9 heteroatoms. The number of likely N-dealkylation sites (N-methyl/N-ethyl adjacent to an activating group) is 1. The fourth-order valence-electron chi connectivity index (χ4n) is 1.98. The molecule has 2 rings (SSSR count). The highest BCUT2D eigenvalue weighted by Gasteiger charge is 2.22. The maximum atomic E-state index is 12.8. The molecule has 26 heavy (non-hydrogen) atoms. The molecule has 0 bridgehead atoms. The van der Waals surface area contributed by atoms with Crippen LogP contribution in [0.25, 0.3) is 0 Å². The molecular weight excluding hydrogens is 361 g/mol. The minimum atomic E-state index is -3.82. The lowest BCUT2D eigenvalue weighted by Gasteiger charge is -2.16. The number of sulfonamides is 1. The van der Waals surface area contributed by atoms with Crippen LogP contribution in [0, 0.1) is 5.82 Å². The van der Waals surface area contributed by atoms with Crippen LogP contribution in [0.5, 0.6) is 5.75 Å². The molecule has 0 saturated carbocycles. The van der Waals surface area contributed by atoms with E-state index < -0.39 is 22.5 Å². The first-order chi connectivity index (χ1) is 12.3. The molecule has 0 heterocycles. The van der Waals surface area contributed by atoms with Gasteiger partial charge in [0.1, 0.15) is 11.6 Å². The number of benzene rings is 2. The van der Waals surface area contributed by atoms with Gasteiger partial charge < -0.3 is 4.74 Å². The van der Waals surface area contributed by atoms with Gasteiger partial charge >= 0.3 is 0 Å². The lowest BCUT2D eigenvalue weighted by Crippen LogP contribution is -2.36. The Hall–Kier alpha value is -2.78. The van der Waals surface area contributed by atoms with E-state index in [1.165, 1.54) is 68.9 Å². The number of methoxy groups -OCH3 is 1. The topological polar surface area (TPSA) is 88.1 Å². The second-order valence-electron chi connectivity index (χ2n) is 5.28. The number of nitrogens with zero attached hydrogens (tertiary/aromatic N) is 2. The first kappa shape index (κ1) is 19.5. The smallest absolute Gasteiger partial charge is 0.255 e. The molecule has 0 unspecified atom stereocenters. The van der Waals surface area contributed by atoms with Gasteiger partial charge in [-0.3, -0.25) is 4.79 Å². The third-order valence-electron chi connectivity index (χ3n) is 3.41. The van der Waals surface area contributed by atoms with Gasteiger partial charge in [-0.1, -0.05) is 12.1 Å². The number of hydrogen-bond acceptors (Lipinski definition) is 5. The third-order valence-corrected chi connectivity index (χ3v) is 5.22. The van der Waals surface area contributed by atoms with Gasteiger partial charge in [-0.05, 0) is 42.0 Å². The van der Waals surface area contributed by atoms with Crippen molar-refractivity contribution in [3.63, 3.8) is 0 Å². The van der Waals surface area contributed by atoms with Crippen molar-refractivity contribution < 1.29 is 22.3 Å². The molecule has 0 aliphatic heterocycles. The highest BCUT2D eigenvalue weighted by atomic mass is 32.2. The van der Waals surface area contributed by atoms with E-state index in [0.717, 1.165) is 4.31 Å². The van der Waals surface area contributed by atoms with Crippen LogP contribution in [-0.4, -0.2) is 45.5 Å². The van der Waals surface area contributed by atoms with Gasteiger partial charge in [0.15, 0.2) is 0 Å². The van der Waals surface area contributed by atoms with Gasteiger partial charge in [0, 0.05) is 7.05 Å². The summed E-state index contributed by atoms with van der Waals surface area (Å²) < 4.78 is 43.5. The van der Waals surface area contributed by atoms with E-state index in [0.29, 0.717) is 11.3 Å². The lowest BCUT2D eigenvalue weighted by molar-refractivity contribution is -0.121. The molecule has 138 valence electrons. The number of halogens is 1. The van der Waals surface area contributed by atoms with Crippen LogP contribution in [0.2, 0.25) is 0 Å². The summed E-state index contributed by atoms with van der Waals surface area (Å²) >= 11 is 0. The Balaban J connectivity index is 1.95. The Kier molecular flexibility index (Phi) is 6.42. The van der Waals surface area contributed by atoms with E-state index in [9.17, 15) is 17.6 Å². The molecular formula is C17H18FN3O4S. The molecule has 0 radical (unpaired) electrons. The molecule has 0 saturated heterocycles. The number of nitrogens with one attached hydrogen (secondary N) is 1. The van der Waals surface area contributed by atoms with Crippen molar-refractivity contribution in [3.05, 3.63) is 59.9 Å². The normalized spacial score (nSPS) is 11.7. The van der Waals surface area contributed by atoms with E-state index in [4.69, 9.17) is 4.74 Å². The van der Waals surface area contributed by atoms with Gasteiger partial charge in [-0.25, -0.2) is 18.2 Å². The number of hydrazone groups is 1. The van der Waals surface area contributed by atoms with Crippen LogP contribution in [0.4, 0.5) is 4.39 Å². The van der Waals surface area contributed by atoms with E-state index in [1.54, 1.807) is 0 Å². The van der Waals surface area contributed by atoms with E-state index in [2.05, 4.69) is 10.5 Å². The fourth-order valence-corrected chi connectivity index (χ4v) is 3.10. The lowest BCUT2D eigenvalue weighted by atomic mass is 10.2. The maximum Gasteiger partial charge on any atom is 0.255 e. The first-order valence-corrected chi connectivity index (χ1v) is 8.95. The molecule has 0 aliphatic carbocycles. The van der Waals surface area contributed by atoms with E-state index in [-0.39, 0.29) is 10.7 Å². The molecule has 0 fully saturated rings. The van der Waals surface area contributed by atoms with Crippen LogP contribution < -0.4 is 10.2 Å². The highest BCUT2D eigenvalue weighted by molar-refractivity contribution is 7.89. The summed E-state index contributed by atoms with van der Waals surface area (Å²) in [7, 11) is -1.04. The number of carbonyl (C=O) groups is 1. The molecule has 0 aromatic heterocycles. The Morgan fingerprint density at radius 3 is 2.38 bits per heavy atom. The van der Waals surface area contributed by atoms with Gasteiger partial charge in [-0.2, -0.15) is 9.41 Å². The molecule has 2 aromatic carbocycles. The average Bonchev–Trinajstić information content (AvgIpc) is 2.63. The molecule has 2 aromatic rings. The van der Waals surface area contributed by atoms with Gasteiger partial charge in [-0.15, -0.1) is 0 Å². The van der Waals surface area contributed by atoms with Crippen molar-refractivity contribution >= 4 is 22.1 Å². The SMILES string of the molecule is COc1ccc(S(=O)(=O)N(C)CC(=O)NN=Cc2ccc(F)cc2)cc1. The molecule has 1 N–H and O–H groups in total. The second kappa shape index (κ2) is 8.54. The quantitative estimate of drug-likeness (QED) is 0.585. The summed E-state index contributed by atoms with van der Waals surface area (Å²) in [4.78, 5) is 11.9. The Morgan fingerprint density at radius 2 is 1.81 bits per heavy atom.